The Labute approximate surface area is 124 Å². The molecule has 0 radical (unpaired) electrons. The van der Waals surface area contributed by atoms with Crippen molar-refractivity contribution in [3.63, 3.8) is 0 Å². The molecule has 2 aromatic rings. The second-order valence-corrected chi connectivity index (χ2v) is 5.11. The number of benzene rings is 1. The van der Waals surface area contributed by atoms with E-state index in [4.69, 9.17) is 5.73 Å². The summed E-state index contributed by atoms with van der Waals surface area (Å²) in [5, 5.41) is 11.1. The first-order valence-corrected chi connectivity index (χ1v) is 7.13. The number of nitrogens with one attached hydrogen (secondary N) is 1. The fourth-order valence-electron chi connectivity index (χ4n) is 1.90. The first-order chi connectivity index (χ1) is 10.1. The van der Waals surface area contributed by atoms with Gasteiger partial charge in [-0.1, -0.05) is 32.0 Å². The lowest BCUT2D eigenvalue weighted by Crippen LogP contribution is -2.49. The summed E-state index contributed by atoms with van der Waals surface area (Å²) in [4.78, 5) is 13.5. The molecule has 0 atom stereocenters. The normalized spacial score (nSPS) is 11.4. The Balaban J connectivity index is 2.03. The Morgan fingerprint density at radius 3 is 2.57 bits per heavy atom. The van der Waals surface area contributed by atoms with Gasteiger partial charge in [0.25, 0.3) is 5.91 Å². The molecule has 0 aliphatic heterocycles. The molecule has 0 fully saturated rings. The largest absolute Gasteiger partial charge is 0.349 e. The minimum Gasteiger partial charge on any atom is -0.349 e. The third-order valence-electron chi connectivity index (χ3n) is 3.72. The first kappa shape index (κ1) is 15.2. The van der Waals surface area contributed by atoms with Gasteiger partial charge in [0.15, 0.2) is 5.69 Å². The van der Waals surface area contributed by atoms with Gasteiger partial charge in [-0.2, -0.15) is 9.90 Å². The molecule has 6 heteroatoms. The maximum atomic E-state index is 12.1. The maximum absolute atomic E-state index is 12.1. The van der Waals surface area contributed by atoms with E-state index in [1.165, 1.54) is 11.0 Å². The number of rotatable bonds is 6. The summed E-state index contributed by atoms with van der Waals surface area (Å²) in [5.41, 5.74) is 6.89. The third kappa shape index (κ3) is 3.66. The fourth-order valence-corrected chi connectivity index (χ4v) is 1.90. The van der Waals surface area contributed by atoms with Gasteiger partial charge in [0.1, 0.15) is 0 Å². The van der Waals surface area contributed by atoms with Crippen molar-refractivity contribution in [1.29, 1.82) is 0 Å². The minimum absolute atomic E-state index is 0.256. The summed E-state index contributed by atoms with van der Waals surface area (Å²) in [5.74, 6) is -0.256. The van der Waals surface area contributed by atoms with Gasteiger partial charge in [-0.25, -0.2) is 0 Å². The highest BCUT2D eigenvalue weighted by Gasteiger charge is 2.22. The zero-order chi connectivity index (χ0) is 15.3. The van der Waals surface area contributed by atoms with Crippen molar-refractivity contribution in [2.24, 2.45) is 5.73 Å². The van der Waals surface area contributed by atoms with Crippen LogP contribution in [0.3, 0.4) is 0 Å². The molecular formula is C15H21N5O. The monoisotopic (exact) mass is 287 g/mol. The highest BCUT2D eigenvalue weighted by molar-refractivity contribution is 5.91. The molecule has 1 amide bonds. The molecule has 0 bridgehead atoms. The number of hydrogen-bond acceptors (Lipinski definition) is 4. The molecule has 0 aliphatic carbocycles. The molecule has 1 heterocycles. The molecule has 1 aromatic heterocycles. The summed E-state index contributed by atoms with van der Waals surface area (Å²) < 4.78 is 0. The molecule has 112 valence electrons. The number of nitrogens with two attached hydrogens (primary N) is 1. The predicted octanol–water partition coefficient (Wildman–Crippen LogP) is 1.51. The number of hydrogen-bond donors (Lipinski definition) is 2. The van der Waals surface area contributed by atoms with Crippen LogP contribution in [-0.4, -0.2) is 33.0 Å². The molecule has 2 rings (SSSR count). The molecule has 1 aromatic carbocycles. The van der Waals surface area contributed by atoms with Gasteiger partial charge in [-0.3, -0.25) is 4.79 Å². The highest BCUT2D eigenvalue weighted by atomic mass is 16.2. The van der Waals surface area contributed by atoms with E-state index in [1.54, 1.807) is 0 Å². The van der Waals surface area contributed by atoms with Crippen LogP contribution < -0.4 is 11.1 Å². The average molecular weight is 287 g/mol. The Morgan fingerprint density at radius 1 is 1.29 bits per heavy atom. The van der Waals surface area contributed by atoms with Crippen LogP contribution in [0.2, 0.25) is 0 Å². The number of carbonyl (C=O) groups is 1. The van der Waals surface area contributed by atoms with Crippen molar-refractivity contribution in [3.05, 3.63) is 42.2 Å². The van der Waals surface area contributed by atoms with Crippen LogP contribution in [0.15, 0.2) is 36.5 Å². The van der Waals surface area contributed by atoms with E-state index >= 15 is 0 Å². The van der Waals surface area contributed by atoms with E-state index < -0.39 is 0 Å². The van der Waals surface area contributed by atoms with Gasteiger partial charge >= 0.3 is 0 Å². The topological polar surface area (TPSA) is 85.8 Å². The van der Waals surface area contributed by atoms with E-state index in [0.717, 1.165) is 18.5 Å². The molecule has 0 saturated heterocycles. The number of amides is 1. The molecule has 21 heavy (non-hydrogen) atoms. The summed E-state index contributed by atoms with van der Waals surface area (Å²) in [6.45, 7) is 4.46. The Morgan fingerprint density at radius 2 is 1.95 bits per heavy atom. The quantitative estimate of drug-likeness (QED) is 0.843. The second kappa shape index (κ2) is 6.49. The van der Waals surface area contributed by atoms with Crippen LogP contribution in [0.5, 0.6) is 0 Å². The molecule has 3 N–H and O–H groups in total. The second-order valence-electron chi connectivity index (χ2n) is 5.11. The number of para-hydroxylation sites is 1. The van der Waals surface area contributed by atoms with E-state index in [1.807, 2.05) is 44.2 Å². The smallest absolute Gasteiger partial charge is 0.273 e. The Hall–Kier alpha value is -2.21. The Kier molecular flexibility index (Phi) is 4.70. The fraction of sp³-hybridized carbons (Fsp3) is 0.400. The van der Waals surface area contributed by atoms with E-state index in [2.05, 4.69) is 15.5 Å². The van der Waals surface area contributed by atoms with Gasteiger partial charge < -0.3 is 11.1 Å². The Bertz CT molecular complexity index is 589. The molecule has 0 aliphatic rings. The van der Waals surface area contributed by atoms with E-state index in [-0.39, 0.29) is 17.1 Å². The van der Waals surface area contributed by atoms with Crippen molar-refractivity contribution >= 4 is 5.91 Å². The number of carbonyl (C=O) groups excluding carboxylic acids is 1. The van der Waals surface area contributed by atoms with E-state index in [0.29, 0.717) is 6.54 Å². The van der Waals surface area contributed by atoms with Gasteiger partial charge in [0.05, 0.1) is 11.9 Å². The van der Waals surface area contributed by atoms with Crippen LogP contribution in [0.4, 0.5) is 0 Å². The standard InChI is InChI=1S/C15H21N5O/c1-3-15(16,4-2)11-17-14(21)13-10-18-20(19-13)12-8-6-5-7-9-12/h5-10H,3-4,11,16H2,1-2H3,(H,17,21). The van der Waals surface area contributed by atoms with Crippen LogP contribution in [0.25, 0.3) is 5.69 Å². The van der Waals surface area contributed by atoms with Crippen molar-refractivity contribution in [2.45, 2.75) is 32.2 Å². The zero-order valence-electron chi connectivity index (χ0n) is 12.4. The minimum atomic E-state index is -0.370. The van der Waals surface area contributed by atoms with Gasteiger partial charge in [0.2, 0.25) is 0 Å². The lowest BCUT2D eigenvalue weighted by molar-refractivity contribution is 0.0936. The van der Waals surface area contributed by atoms with Crippen molar-refractivity contribution in [1.82, 2.24) is 20.3 Å². The average Bonchev–Trinajstić information content (AvgIpc) is 3.03. The van der Waals surface area contributed by atoms with Gasteiger partial charge in [0, 0.05) is 12.1 Å². The van der Waals surface area contributed by atoms with Gasteiger partial charge in [-0.15, -0.1) is 5.10 Å². The van der Waals surface area contributed by atoms with Crippen molar-refractivity contribution in [3.8, 4) is 5.69 Å². The van der Waals surface area contributed by atoms with Gasteiger partial charge in [-0.05, 0) is 25.0 Å². The third-order valence-corrected chi connectivity index (χ3v) is 3.72. The summed E-state index contributed by atoms with van der Waals surface area (Å²) in [7, 11) is 0. The van der Waals surface area contributed by atoms with Crippen molar-refractivity contribution < 1.29 is 4.79 Å². The molecule has 0 saturated carbocycles. The molecule has 0 unspecified atom stereocenters. The summed E-state index contributed by atoms with van der Waals surface area (Å²) in [6, 6.07) is 9.45. The number of aromatic nitrogens is 3. The molecular weight excluding hydrogens is 266 g/mol. The van der Waals surface area contributed by atoms with Crippen LogP contribution >= 0.6 is 0 Å². The lowest BCUT2D eigenvalue weighted by Gasteiger charge is -2.26. The summed E-state index contributed by atoms with van der Waals surface area (Å²) >= 11 is 0. The zero-order valence-corrected chi connectivity index (χ0v) is 12.4. The maximum Gasteiger partial charge on any atom is 0.273 e. The first-order valence-electron chi connectivity index (χ1n) is 7.13. The molecule has 6 nitrogen and oxygen atoms in total. The summed E-state index contributed by atoms with van der Waals surface area (Å²) in [6.07, 6.45) is 3.07. The van der Waals surface area contributed by atoms with Crippen molar-refractivity contribution in [2.75, 3.05) is 6.54 Å². The van der Waals surface area contributed by atoms with Crippen LogP contribution in [0.1, 0.15) is 37.2 Å². The highest BCUT2D eigenvalue weighted by Crippen LogP contribution is 2.10. The predicted molar refractivity (Wildman–Crippen MR) is 81.2 cm³/mol. The number of nitrogens with zero attached hydrogens (tertiary/aromatic N) is 3. The SMILES string of the molecule is CCC(N)(CC)CNC(=O)c1cnn(-c2ccccc2)n1. The van der Waals surface area contributed by atoms with Crippen LogP contribution in [-0.2, 0) is 0 Å². The van der Waals surface area contributed by atoms with E-state index in [9.17, 15) is 4.79 Å². The lowest BCUT2D eigenvalue weighted by atomic mass is 9.94. The molecule has 0 spiro atoms. The van der Waals surface area contributed by atoms with Crippen LogP contribution in [0, 0.1) is 0 Å².